The predicted molar refractivity (Wildman–Crippen MR) is 90.1 cm³/mol. The molecule has 0 aromatic heterocycles. The molecule has 0 aliphatic rings. The standard InChI is InChI=1S/C16H22O2S2/c1-6-19-14(17)11-8-12(15(18)20-7-2)10-13(9-11)16(3,4)5/h8-10H,6-7H2,1-5H3. The Labute approximate surface area is 130 Å². The maximum absolute atomic E-state index is 12.1. The van der Waals surface area contributed by atoms with Gasteiger partial charge in [0.05, 0.1) is 0 Å². The van der Waals surface area contributed by atoms with E-state index in [0.29, 0.717) is 11.1 Å². The highest BCUT2D eigenvalue weighted by Gasteiger charge is 2.19. The first-order valence-corrected chi connectivity index (χ1v) is 8.76. The molecular formula is C16H22O2S2. The second-order valence-corrected chi connectivity index (χ2v) is 7.96. The lowest BCUT2D eigenvalue weighted by Crippen LogP contribution is -2.14. The van der Waals surface area contributed by atoms with Crippen molar-refractivity contribution in [3.8, 4) is 0 Å². The van der Waals surface area contributed by atoms with E-state index in [1.165, 1.54) is 23.5 Å². The van der Waals surface area contributed by atoms with Crippen molar-refractivity contribution in [1.29, 1.82) is 0 Å². The van der Waals surface area contributed by atoms with Crippen molar-refractivity contribution < 1.29 is 9.59 Å². The summed E-state index contributed by atoms with van der Waals surface area (Å²) in [6.07, 6.45) is 0. The number of carbonyl (C=O) groups is 2. The molecule has 0 bridgehead atoms. The molecule has 0 aliphatic carbocycles. The topological polar surface area (TPSA) is 34.1 Å². The van der Waals surface area contributed by atoms with E-state index in [1.807, 2.05) is 26.0 Å². The highest BCUT2D eigenvalue weighted by Crippen LogP contribution is 2.27. The van der Waals surface area contributed by atoms with Gasteiger partial charge in [0.2, 0.25) is 10.2 Å². The Kier molecular flexibility index (Phi) is 6.34. The molecule has 0 heterocycles. The quantitative estimate of drug-likeness (QED) is 0.802. The van der Waals surface area contributed by atoms with Crippen LogP contribution < -0.4 is 0 Å². The molecule has 0 saturated heterocycles. The molecule has 2 nitrogen and oxygen atoms in total. The van der Waals surface area contributed by atoms with Gasteiger partial charge in [-0.1, -0.05) is 58.1 Å². The molecule has 0 saturated carbocycles. The van der Waals surface area contributed by atoms with Crippen LogP contribution in [0.25, 0.3) is 0 Å². The van der Waals surface area contributed by atoms with Crippen molar-refractivity contribution in [3.05, 3.63) is 34.9 Å². The van der Waals surface area contributed by atoms with Gasteiger partial charge in [0.15, 0.2) is 0 Å². The molecule has 110 valence electrons. The Morgan fingerprint density at radius 3 is 1.60 bits per heavy atom. The number of hydrogen-bond acceptors (Lipinski definition) is 4. The average molecular weight is 310 g/mol. The van der Waals surface area contributed by atoms with Gasteiger partial charge in [0.25, 0.3) is 0 Å². The van der Waals surface area contributed by atoms with Crippen LogP contribution in [-0.2, 0) is 5.41 Å². The van der Waals surface area contributed by atoms with E-state index in [-0.39, 0.29) is 15.6 Å². The van der Waals surface area contributed by atoms with Crippen LogP contribution in [0.2, 0.25) is 0 Å². The van der Waals surface area contributed by atoms with Gasteiger partial charge in [-0.2, -0.15) is 0 Å². The number of thioether (sulfide) groups is 2. The van der Waals surface area contributed by atoms with Crippen LogP contribution in [0.5, 0.6) is 0 Å². The van der Waals surface area contributed by atoms with Gasteiger partial charge in [-0.15, -0.1) is 0 Å². The van der Waals surface area contributed by atoms with Crippen LogP contribution >= 0.6 is 23.5 Å². The van der Waals surface area contributed by atoms with Crippen molar-refractivity contribution in [2.75, 3.05) is 11.5 Å². The third kappa shape index (κ3) is 4.67. The summed E-state index contributed by atoms with van der Waals surface area (Å²) >= 11 is 2.56. The molecule has 0 aliphatic heterocycles. The average Bonchev–Trinajstić information content (AvgIpc) is 2.37. The lowest BCUT2D eigenvalue weighted by Gasteiger charge is -2.20. The summed E-state index contributed by atoms with van der Waals surface area (Å²) in [4.78, 5) is 24.2. The van der Waals surface area contributed by atoms with E-state index >= 15 is 0 Å². The Bertz CT molecular complexity index is 465. The fourth-order valence-corrected chi connectivity index (χ4v) is 2.82. The summed E-state index contributed by atoms with van der Waals surface area (Å²) in [5.41, 5.74) is 2.20. The first kappa shape index (κ1) is 17.3. The molecule has 0 radical (unpaired) electrons. The lowest BCUT2D eigenvalue weighted by atomic mass is 9.85. The van der Waals surface area contributed by atoms with Crippen molar-refractivity contribution in [2.24, 2.45) is 0 Å². The first-order valence-electron chi connectivity index (χ1n) is 6.79. The van der Waals surface area contributed by atoms with Gasteiger partial charge in [-0.25, -0.2) is 0 Å². The van der Waals surface area contributed by atoms with Crippen molar-refractivity contribution in [1.82, 2.24) is 0 Å². The van der Waals surface area contributed by atoms with E-state index in [0.717, 1.165) is 17.1 Å². The third-order valence-corrected chi connectivity index (χ3v) is 4.39. The number of benzene rings is 1. The van der Waals surface area contributed by atoms with E-state index in [9.17, 15) is 9.59 Å². The smallest absolute Gasteiger partial charge is 0.219 e. The van der Waals surface area contributed by atoms with E-state index in [2.05, 4.69) is 20.8 Å². The molecule has 1 rings (SSSR count). The largest absolute Gasteiger partial charge is 0.282 e. The van der Waals surface area contributed by atoms with E-state index in [1.54, 1.807) is 6.07 Å². The maximum Gasteiger partial charge on any atom is 0.219 e. The maximum atomic E-state index is 12.1. The van der Waals surface area contributed by atoms with E-state index in [4.69, 9.17) is 0 Å². The van der Waals surface area contributed by atoms with Gasteiger partial charge >= 0.3 is 0 Å². The van der Waals surface area contributed by atoms with Crippen LogP contribution in [0.3, 0.4) is 0 Å². The van der Waals surface area contributed by atoms with Crippen molar-refractivity contribution >= 4 is 33.8 Å². The SMILES string of the molecule is CCSC(=O)c1cc(C(=O)SCC)cc(C(C)(C)C)c1. The molecule has 4 heteroatoms. The summed E-state index contributed by atoms with van der Waals surface area (Å²) in [5.74, 6) is 1.48. The highest BCUT2D eigenvalue weighted by molar-refractivity contribution is 8.14. The zero-order valence-electron chi connectivity index (χ0n) is 12.8. The zero-order valence-corrected chi connectivity index (χ0v) is 14.4. The minimum Gasteiger partial charge on any atom is -0.282 e. The fourth-order valence-electron chi connectivity index (χ4n) is 1.73. The van der Waals surface area contributed by atoms with Gasteiger partial charge in [-0.05, 0) is 40.7 Å². The van der Waals surface area contributed by atoms with Crippen LogP contribution in [0.1, 0.15) is 60.9 Å². The summed E-state index contributed by atoms with van der Waals surface area (Å²) in [5, 5.41) is 0.0725. The number of hydrogen-bond donors (Lipinski definition) is 0. The second kappa shape index (κ2) is 7.32. The minimum atomic E-state index is -0.0842. The first-order chi connectivity index (χ1) is 9.29. The van der Waals surface area contributed by atoms with Crippen molar-refractivity contribution in [2.45, 2.75) is 40.0 Å². The summed E-state index contributed by atoms with van der Waals surface area (Å²) in [6.45, 7) is 10.2. The van der Waals surface area contributed by atoms with Gasteiger partial charge in [0, 0.05) is 11.1 Å². The number of rotatable bonds is 4. The van der Waals surface area contributed by atoms with Crippen LogP contribution in [0.15, 0.2) is 18.2 Å². The molecule has 0 N–H and O–H groups in total. The lowest BCUT2D eigenvalue weighted by molar-refractivity contribution is 0.108. The molecular weight excluding hydrogens is 288 g/mol. The van der Waals surface area contributed by atoms with Crippen LogP contribution in [-0.4, -0.2) is 21.7 Å². The van der Waals surface area contributed by atoms with Crippen molar-refractivity contribution in [3.63, 3.8) is 0 Å². The fraction of sp³-hybridized carbons (Fsp3) is 0.500. The summed E-state index contributed by atoms with van der Waals surface area (Å²) in [7, 11) is 0. The van der Waals surface area contributed by atoms with Gasteiger partial charge < -0.3 is 0 Å². The Morgan fingerprint density at radius 2 is 1.30 bits per heavy atom. The summed E-state index contributed by atoms with van der Waals surface area (Å²) in [6, 6.07) is 5.56. The second-order valence-electron chi connectivity index (χ2n) is 5.49. The van der Waals surface area contributed by atoms with Crippen LogP contribution in [0.4, 0.5) is 0 Å². The molecule has 0 spiro atoms. The Hall–Kier alpha value is -0.740. The molecule has 1 aromatic carbocycles. The predicted octanol–water partition coefficient (Wildman–Crippen LogP) is 4.77. The molecule has 0 unspecified atom stereocenters. The molecule has 0 atom stereocenters. The Morgan fingerprint density at radius 1 is 0.900 bits per heavy atom. The zero-order chi connectivity index (χ0) is 15.3. The molecule has 0 fully saturated rings. The normalized spacial score (nSPS) is 11.4. The minimum absolute atomic E-state index is 0.0362. The van der Waals surface area contributed by atoms with Crippen LogP contribution in [0, 0.1) is 0 Å². The monoisotopic (exact) mass is 310 g/mol. The number of carbonyl (C=O) groups excluding carboxylic acids is 2. The Balaban J connectivity index is 3.28. The molecule has 1 aromatic rings. The van der Waals surface area contributed by atoms with Gasteiger partial charge in [0.1, 0.15) is 0 Å². The summed E-state index contributed by atoms with van der Waals surface area (Å²) < 4.78 is 0. The highest BCUT2D eigenvalue weighted by atomic mass is 32.2. The molecule has 0 amide bonds. The third-order valence-electron chi connectivity index (χ3n) is 2.82. The van der Waals surface area contributed by atoms with Gasteiger partial charge in [-0.3, -0.25) is 9.59 Å². The van der Waals surface area contributed by atoms with E-state index < -0.39 is 0 Å². The molecule has 20 heavy (non-hydrogen) atoms.